The summed E-state index contributed by atoms with van der Waals surface area (Å²) in [4.78, 5) is 25.3. The number of hydrogen-bond acceptors (Lipinski definition) is 4. The molecular weight excluding hydrogens is 208 g/mol. The Bertz CT molecular complexity index is 289. The molecule has 1 amide bonds. The van der Waals surface area contributed by atoms with Gasteiger partial charge in [-0.05, 0) is 19.3 Å². The van der Waals surface area contributed by atoms with Gasteiger partial charge in [-0.15, -0.1) is 0 Å². The second-order valence-corrected chi connectivity index (χ2v) is 4.41. The van der Waals surface area contributed by atoms with Crippen LogP contribution in [0.1, 0.15) is 25.7 Å². The number of amides is 1. The zero-order valence-corrected chi connectivity index (χ0v) is 9.57. The molecule has 0 aromatic rings. The number of ether oxygens (including phenoxy) is 1. The number of methoxy groups -OCH3 is 1. The second-order valence-electron chi connectivity index (χ2n) is 4.41. The molecule has 2 fully saturated rings. The zero-order valence-electron chi connectivity index (χ0n) is 9.57. The minimum atomic E-state index is -0.331. The first kappa shape index (κ1) is 11.4. The van der Waals surface area contributed by atoms with Gasteiger partial charge in [0.15, 0.2) is 0 Å². The highest BCUT2D eigenvalue weighted by atomic mass is 16.5. The SMILES string of the molecule is COC(=O)CC1C(=O)NCCCN1C1CC1. The molecule has 2 rings (SSSR count). The van der Waals surface area contributed by atoms with Crippen LogP contribution >= 0.6 is 0 Å². The zero-order chi connectivity index (χ0) is 11.5. The molecule has 0 aromatic carbocycles. The van der Waals surface area contributed by atoms with Crippen molar-refractivity contribution >= 4 is 11.9 Å². The number of carbonyl (C=O) groups excluding carboxylic acids is 2. The molecule has 1 saturated heterocycles. The maximum absolute atomic E-state index is 11.8. The van der Waals surface area contributed by atoms with Gasteiger partial charge in [-0.1, -0.05) is 0 Å². The summed E-state index contributed by atoms with van der Waals surface area (Å²) in [6.07, 6.45) is 3.41. The summed E-state index contributed by atoms with van der Waals surface area (Å²) in [7, 11) is 1.36. The van der Waals surface area contributed by atoms with Crippen molar-refractivity contribution in [1.82, 2.24) is 10.2 Å². The van der Waals surface area contributed by atoms with E-state index in [4.69, 9.17) is 0 Å². The molecule has 1 aliphatic carbocycles. The largest absolute Gasteiger partial charge is 0.469 e. The van der Waals surface area contributed by atoms with Crippen LogP contribution in [0.3, 0.4) is 0 Å². The second kappa shape index (κ2) is 4.82. The highest BCUT2D eigenvalue weighted by Gasteiger charge is 2.39. The Morgan fingerprint density at radius 3 is 2.94 bits per heavy atom. The molecule has 1 atom stereocenters. The Balaban J connectivity index is 2.05. The van der Waals surface area contributed by atoms with E-state index in [2.05, 4.69) is 15.0 Å². The summed E-state index contributed by atoms with van der Waals surface area (Å²) in [5.74, 6) is -0.345. The van der Waals surface area contributed by atoms with Crippen LogP contribution in [0.5, 0.6) is 0 Å². The first-order valence-electron chi connectivity index (χ1n) is 5.82. The van der Waals surface area contributed by atoms with E-state index in [1.54, 1.807) is 0 Å². The summed E-state index contributed by atoms with van der Waals surface area (Å²) in [6, 6.07) is 0.168. The van der Waals surface area contributed by atoms with Crippen LogP contribution < -0.4 is 5.32 Å². The topological polar surface area (TPSA) is 58.6 Å². The molecule has 1 heterocycles. The molecule has 2 aliphatic rings. The Labute approximate surface area is 95.1 Å². The van der Waals surface area contributed by atoms with E-state index in [1.807, 2.05) is 0 Å². The number of rotatable bonds is 3. The van der Waals surface area contributed by atoms with Gasteiger partial charge in [0.1, 0.15) is 0 Å². The predicted molar refractivity (Wildman–Crippen MR) is 57.8 cm³/mol. The van der Waals surface area contributed by atoms with Gasteiger partial charge in [-0.2, -0.15) is 0 Å². The lowest BCUT2D eigenvalue weighted by molar-refractivity contribution is -0.144. The summed E-state index contributed by atoms with van der Waals surface area (Å²) in [6.45, 7) is 1.60. The van der Waals surface area contributed by atoms with E-state index in [0.717, 1.165) is 25.8 Å². The molecule has 5 nitrogen and oxygen atoms in total. The summed E-state index contributed by atoms with van der Waals surface area (Å²) in [5.41, 5.74) is 0. The van der Waals surface area contributed by atoms with E-state index in [1.165, 1.54) is 7.11 Å². The molecule has 0 spiro atoms. The Kier molecular flexibility index (Phi) is 3.43. The lowest BCUT2D eigenvalue weighted by atomic mass is 10.1. The number of hydrogen-bond donors (Lipinski definition) is 1. The van der Waals surface area contributed by atoms with Crippen molar-refractivity contribution in [2.45, 2.75) is 37.8 Å². The van der Waals surface area contributed by atoms with Crippen LogP contribution in [0.15, 0.2) is 0 Å². The van der Waals surface area contributed by atoms with Crippen LogP contribution in [-0.4, -0.2) is 49.1 Å². The van der Waals surface area contributed by atoms with Crippen LogP contribution in [-0.2, 0) is 14.3 Å². The van der Waals surface area contributed by atoms with Gasteiger partial charge in [0, 0.05) is 19.1 Å². The van der Waals surface area contributed by atoms with Crippen LogP contribution in [0.2, 0.25) is 0 Å². The van der Waals surface area contributed by atoms with Crippen molar-refractivity contribution in [3.63, 3.8) is 0 Å². The third-order valence-corrected chi connectivity index (χ3v) is 3.20. The number of carbonyl (C=O) groups is 2. The average molecular weight is 226 g/mol. The molecule has 5 heteroatoms. The predicted octanol–water partition coefficient (Wildman–Crippen LogP) is -0.0976. The standard InChI is InChI=1S/C11H18N2O3/c1-16-10(14)7-9-11(15)12-5-2-6-13(9)8-3-4-8/h8-9H,2-7H2,1H3,(H,12,15). The van der Waals surface area contributed by atoms with Gasteiger partial charge in [-0.25, -0.2) is 0 Å². The van der Waals surface area contributed by atoms with Gasteiger partial charge >= 0.3 is 5.97 Å². The van der Waals surface area contributed by atoms with Gasteiger partial charge in [0.05, 0.1) is 19.6 Å². The highest BCUT2D eigenvalue weighted by molar-refractivity contribution is 5.86. The van der Waals surface area contributed by atoms with E-state index in [9.17, 15) is 9.59 Å². The van der Waals surface area contributed by atoms with Crippen molar-refractivity contribution in [3.05, 3.63) is 0 Å². The lowest BCUT2D eigenvalue weighted by Crippen LogP contribution is -2.46. The Morgan fingerprint density at radius 2 is 2.31 bits per heavy atom. The highest BCUT2D eigenvalue weighted by Crippen LogP contribution is 2.30. The first-order chi connectivity index (χ1) is 7.72. The fourth-order valence-corrected chi connectivity index (χ4v) is 2.19. The smallest absolute Gasteiger partial charge is 0.307 e. The normalized spacial score (nSPS) is 27.1. The lowest BCUT2D eigenvalue weighted by Gasteiger charge is -2.27. The minimum Gasteiger partial charge on any atom is -0.469 e. The van der Waals surface area contributed by atoms with Crippen molar-refractivity contribution in [3.8, 4) is 0 Å². The fourth-order valence-electron chi connectivity index (χ4n) is 2.19. The maximum Gasteiger partial charge on any atom is 0.307 e. The quantitative estimate of drug-likeness (QED) is 0.683. The maximum atomic E-state index is 11.8. The van der Waals surface area contributed by atoms with Gasteiger partial charge < -0.3 is 10.1 Å². The van der Waals surface area contributed by atoms with Crippen molar-refractivity contribution in [2.75, 3.05) is 20.2 Å². The number of nitrogens with zero attached hydrogens (tertiary/aromatic N) is 1. The molecule has 16 heavy (non-hydrogen) atoms. The van der Waals surface area contributed by atoms with Crippen molar-refractivity contribution in [2.24, 2.45) is 0 Å². The monoisotopic (exact) mass is 226 g/mol. The van der Waals surface area contributed by atoms with Gasteiger partial charge in [0.25, 0.3) is 0 Å². The van der Waals surface area contributed by atoms with E-state index < -0.39 is 0 Å². The number of esters is 1. The number of nitrogens with one attached hydrogen (secondary N) is 1. The van der Waals surface area contributed by atoms with E-state index in [0.29, 0.717) is 12.6 Å². The van der Waals surface area contributed by atoms with E-state index in [-0.39, 0.29) is 24.3 Å². The van der Waals surface area contributed by atoms with Crippen LogP contribution in [0.4, 0.5) is 0 Å². The van der Waals surface area contributed by atoms with Crippen LogP contribution in [0.25, 0.3) is 0 Å². The third kappa shape index (κ3) is 2.52. The van der Waals surface area contributed by atoms with Crippen LogP contribution in [0, 0.1) is 0 Å². The summed E-state index contributed by atoms with van der Waals surface area (Å²) >= 11 is 0. The molecule has 1 unspecified atom stereocenters. The first-order valence-corrected chi connectivity index (χ1v) is 5.82. The molecule has 0 radical (unpaired) electrons. The third-order valence-electron chi connectivity index (χ3n) is 3.20. The molecule has 90 valence electrons. The van der Waals surface area contributed by atoms with Gasteiger partial charge in [0.2, 0.25) is 5.91 Å². The average Bonchev–Trinajstić information content (AvgIpc) is 3.09. The van der Waals surface area contributed by atoms with Gasteiger partial charge in [-0.3, -0.25) is 14.5 Å². The Morgan fingerprint density at radius 1 is 1.56 bits per heavy atom. The fraction of sp³-hybridized carbons (Fsp3) is 0.818. The van der Waals surface area contributed by atoms with E-state index >= 15 is 0 Å². The molecule has 1 N–H and O–H groups in total. The molecule has 0 aromatic heterocycles. The summed E-state index contributed by atoms with van der Waals surface area (Å²) < 4.78 is 4.64. The molecule has 0 bridgehead atoms. The van der Waals surface area contributed by atoms with Crippen molar-refractivity contribution < 1.29 is 14.3 Å². The minimum absolute atomic E-state index is 0.0326. The Hall–Kier alpha value is -1.10. The summed E-state index contributed by atoms with van der Waals surface area (Å²) in [5, 5.41) is 2.85. The molecule has 1 aliphatic heterocycles. The molecule has 1 saturated carbocycles. The van der Waals surface area contributed by atoms with Crippen molar-refractivity contribution in [1.29, 1.82) is 0 Å². The molecular formula is C11H18N2O3.